The number of benzene rings is 1. The Kier molecular flexibility index (Phi) is 6.24. The standard InChI is InChI=1S/C22H26N2O5S/c1-27-16-4-5-18(28-2)17(13-16)23-21(25)14-3-6-19-15(11-14)12-20(30-19)22(26)24-7-9-29-10-8-24/h4-5,12-14H,3,6-11H2,1-2H3,(H,23,25)/t14-/m1/s1. The van der Waals surface area contributed by atoms with Gasteiger partial charge in [0.25, 0.3) is 5.91 Å². The molecule has 8 heteroatoms. The summed E-state index contributed by atoms with van der Waals surface area (Å²) in [6.07, 6.45) is 2.21. The van der Waals surface area contributed by atoms with Gasteiger partial charge in [-0.25, -0.2) is 0 Å². The van der Waals surface area contributed by atoms with Crippen molar-refractivity contribution in [2.24, 2.45) is 5.92 Å². The summed E-state index contributed by atoms with van der Waals surface area (Å²) in [5, 5.41) is 2.99. The average Bonchev–Trinajstić information content (AvgIpc) is 3.22. The highest BCUT2D eigenvalue weighted by molar-refractivity contribution is 7.14. The molecule has 2 aromatic rings. The number of carbonyl (C=O) groups is 2. The number of ether oxygens (including phenoxy) is 3. The fraction of sp³-hybridized carbons (Fsp3) is 0.455. The zero-order valence-electron chi connectivity index (χ0n) is 17.2. The van der Waals surface area contributed by atoms with Gasteiger partial charge in [0.2, 0.25) is 5.91 Å². The molecule has 1 aromatic heterocycles. The summed E-state index contributed by atoms with van der Waals surface area (Å²) < 4.78 is 15.9. The number of morpholine rings is 1. The number of amides is 2. The molecule has 1 aromatic carbocycles. The van der Waals surface area contributed by atoms with Gasteiger partial charge in [-0.05, 0) is 43.0 Å². The summed E-state index contributed by atoms with van der Waals surface area (Å²) in [5.41, 5.74) is 1.71. The topological polar surface area (TPSA) is 77.1 Å². The number of methoxy groups -OCH3 is 2. The molecule has 0 radical (unpaired) electrons. The van der Waals surface area contributed by atoms with Gasteiger partial charge in [-0.1, -0.05) is 0 Å². The van der Waals surface area contributed by atoms with Crippen molar-refractivity contribution in [2.45, 2.75) is 19.3 Å². The summed E-state index contributed by atoms with van der Waals surface area (Å²) in [4.78, 5) is 29.5. The van der Waals surface area contributed by atoms with Crippen LogP contribution in [-0.2, 0) is 22.4 Å². The number of nitrogens with zero attached hydrogens (tertiary/aromatic N) is 1. The molecule has 2 amide bonds. The summed E-state index contributed by atoms with van der Waals surface area (Å²) in [7, 11) is 3.16. The van der Waals surface area contributed by atoms with Crippen LogP contribution >= 0.6 is 11.3 Å². The minimum atomic E-state index is -0.144. The molecule has 4 rings (SSSR count). The molecule has 1 aliphatic heterocycles. The Morgan fingerprint density at radius 2 is 1.97 bits per heavy atom. The monoisotopic (exact) mass is 430 g/mol. The van der Waals surface area contributed by atoms with Gasteiger partial charge in [0.1, 0.15) is 11.5 Å². The number of aryl methyl sites for hydroxylation is 1. The predicted octanol–water partition coefficient (Wildman–Crippen LogP) is 2.98. The fourth-order valence-electron chi connectivity index (χ4n) is 3.92. The van der Waals surface area contributed by atoms with E-state index in [1.165, 1.54) is 4.88 Å². The molecule has 0 unspecified atom stereocenters. The zero-order valence-corrected chi connectivity index (χ0v) is 18.0. The van der Waals surface area contributed by atoms with Crippen LogP contribution in [0.5, 0.6) is 11.5 Å². The normalized spacial score (nSPS) is 18.5. The average molecular weight is 431 g/mol. The van der Waals surface area contributed by atoms with Crippen molar-refractivity contribution < 1.29 is 23.8 Å². The van der Waals surface area contributed by atoms with Crippen LogP contribution in [-0.4, -0.2) is 57.2 Å². The Balaban J connectivity index is 1.45. The van der Waals surface area contributed by atoms with E-state index in [4.69, 9.17) is 14.2 Å². The van der Waals surface area contributed by atoms with Gasteiger partial charge >= 0.3 is 0 Å². The van der Waals surface area contributed by atoms with Crippen LogP contribution in [0.25, 0.3) is 0 Å². The molecule has 1 saturated heterocycles. The van der Waals surface area contributed by atoms with E-state index in [1.807, 2.05) is 11.0 Å². The van der Waals surface area contributed by atoms with Crippen LogP contribution in [0, 0.1) is 5.92 Å². The van der Waals surface area contributed by atoms with Crippen molar-refractivity contribution in [1.82, 2.24) is 4.90 Å². The van der Waals surface area contributed by atoms with Crippen LogP contribution in [0.1, 0.15) is 26.5 Å². The van der Waals surface area contributed by atoms with Gasteiger partial charge in [0, 0.05) is 30.0 Å². The maximum atomic E-state index is 12.9. The number of fused-ring (bicyclic) bond motifs is 1. The summed E-state index contributed by atoms with van der Waals surface area (Å²) in [6.45, 7) is 2.45. The Bertz CT molecular complexity index is 936. The largest absolute Gasteiger partial charge is 0.497 e. The lowest BCUT2D eigenvalue weighted by molar-refractivity contribution is -0.120. The number of thiophene rings is 1. The number of hydrogen-bond acceptors (Lipinski definition) is 6. The Morgan fingerprint density at radius 1 is 1.17 bits per heavy atom. The number of carbonyl (C=O) groups excluding carboxylic acids is 2. The van der Waals surface area contributed by atoms with Gasteiger partial charge < -0.3 is 24.4 Å². The smallest absolute Gasteiger partial charge is 0.264 e. The third kappa shape index (κ3) is 4.29. The second kappa shape index (κ2) is 9.06. The summed E-state index contributed by atoms with van der Waals surface area (Å²) in [6, 6.07) is 7.30. The first-order chi connectivity index (χ1) is 14.6. The molecular formula is C22H26N2O5S. The summed E-state index contributed by atoms with van der Waals surface area (Å²) in [5.74, 6) is 1.13. The molecular weight excluding hydrogens is 404 g/mol. The van der Waals surface area contributed by atoms with Crippen molar-refractivity contribution in [1.29, 1.82) is 0 Å². The summed E-state index contributed by atoms with van der Waals surface area (Å²) >= 11 is 1.57. The SMILES string of the molecule is COc1ccc(OC)c(NC(=O)[C@@H]2CCc3sc(C(=O)N4CCOCC4)cc3C2)c1. The predicted molar refractivity (Wildman–Crippen MR) is 115 cm³/mol. The van der Waals surface area contributed by atoms with Gasteiger partial charge in [-0.3, -0.25) is 9.59 Å². The fourth-order valence-corrected chi connectivity index (χ4v) is 5.10. The third-order valence-electron chi connectivity index (χ3n) is 5.63. The molecule has 2 heterocycles. The first-order valence-electron chi connectivity index (χ1n) is 10.1. The number of rotatable bonds is 5. The first-order valence-corrected chi connectivity index (χ1v) is 10.9. The lowest BCUT2D eigenvalue weighted by atomic mass is 9.87. The Labute approximate surface area is 179 Å². The molecule has 30 heavy (non-hydrogen) atoms. The molecule has 1 atom stereocenters. The number of anilines is 1. The second-order valence-corrected chi connectivity index (χ2v) is 8.60. The van der Waals surface area contributed by atoms with E-state index in [1.54, 1.807) is 43.8 Å². The van der Waals surface area contributed by atoms with Gasteiger partial charge in [-0.15, -0.1) is 11.3 Å². The molecule has 0 saturated carbocycles. The highest BCUT2D eigenvalue weighted by atomic mass is 32.1. The lowest BCUT2D eigenvalue weighted by Crippen LogP contribution is -2.40. The van der Waals surface area contributed by atoms with Crippen LogP contribution in [0.2, 0.25) is 0 Å². The minimum absolute atomic E-state index is 0.0422. The van der Waals surface area contributed by atoms with Crippen molar-refractivity contribution >= 4 is 28.8 Å². The Hall–Kier alpha value is -2.58. The van der Waals surface area contributed by atoms with E-state index in [9.17, 15) is 9.59 Å². The molecule has 2 aliphatic rings. The highest BCUT2D eigenvalue weighted by Crippen LogP contribution is 2.35. The Morgan fingerprint density at radius 3 is 2.70 bits per heavy atom. The second-order valence-electron chi connectivity index (χ2n) is 7.46. The molecule has 1 N–H and O–H groups in total. The van der Waals surface area contributed by atoms with Crippen LogP contribution in [0.4, 0.5) is 5.69 Å². The van der Waals surface area contributed by atoms with Gasteiger partial charge in [-0.2, -0.15) is 0 Å². The van der Waals surface area contributed by atoms with Crippen LogP contribution < -0.4 is 14.8 Å². The quantitative estimate of drug-likeness (QED) is 0.789. The van der Waals surface area contributed by atoms with Crippen LogP contribution in [0.15, 0.2) is 24.3 Å². The molecule has 0 spiro atoms. The zero-order chi connectivity index (χ0) is 21.1. The van der Waals surface area contributed by atoms with E-state index >= 15 is 0 Å². The number of hydrogen-bond donors (Lipinski definition) is 1. The van der Waals surface area contributed by atoms with E-state index in [0.29, 0.717) is 49.9 Å². The number of nitrogens with one attached hydrogen (secondary N) is 1. The molecule has 160 valence electrons. The third-order valence-corrected chi connectivity index (χ3v) is 6.85. The lowest BCUT2D eigenvalue weighted by Gasteiger charge is -2.26. The van der Waals surface area contributed by atoms with Gasteiger partial charge in [0.05, 0.1) is 38.0 Å². The molecule has 1 fully saturated rings. The highest BCUT2D eigenvalue weighted by Gasteiger charge is 2.29. The molecule has 0 bridgehead atoms. The molecule has 1 aliphatic carbocycles. The van der Waals surface area contributed by atoms with Gasteiger partial charge in [0.15, 0.2) is 0 Å². The maximum Gasteiger partial charge on any atom is 0.264 e. The van der Waals surface area contributed by atoms with Crippen molar-refractivity contribution in [3.05, 3.63) is 39.6 Å². The van der Waals surface area contributed by atoms with Crippen LogP contribution in [0.3, 0.4) is 0 Å². The van der Waals surface area contributed by atoms with Crippen molar-refractivity contribution in [3.63, 3.8) is 0 Å². The van der Waals surface area contributed by atoms with E-state index in [-0.39, 0.29) is 17.7 Å². The first kappa shape index (κ1) is 20.7. The van der Waals surface area contributed by atoms with E-state index in [0.717, 1.165) is 23.3 Å². The van der Waals surface area contributed by atoms with Crippen molar-refractivity contribution in [2.75, 3.05) is 45.8 Å². The van der Waals surface area contributed by atoms with E-state index in [2.05, 4.69) is 5.32 Å². The minimum Gasteiger partial charge on any atom is -0.497 e. The molecule has 7 nitrogen and oxygen atoms in total. The van der Waals surface area contributed by atoms with Crippen molar-refractivity contribution in [3.8, 4) is 11.5 Å². The van der Waals surface area contributed by atoms with E-state index < -0.39 is 0 Å². The maximum absolute atomic E-state index is 12.9.